The molecule has 1 N–H and O–H groups in total. The van der Waals surface area contributed by atoms with E-state index >= 15 is 0 Å². The summed E-state index contributed by atoms with van der Waals surface area (Å²) < 4.78 is 13.5. The van der Waals surface area contributed by atoms with Crippen LogP contribution in [0.2, 0.25) is 0 Å². The van der Waals surface area contributed by atoms with Crippen molar-refractivity contribution in [3.63, 3.8) is 0 Å². The summed E-state index contributed by atoms with van der Waals surface area (Å²) in [6.07, 6.45) is 5.65. The molecule has 1 fully saturated rings. The number of likely N-dealkylation sites (N-methyl/N-ethyl adjacent to an activating group) is 1. The predicted molar refractivity (Wildman–Crippen MR) is 149 cm³/mol. The maximum absolute atomic E-state index is 13.3. The number of carbonyl (C=O) groups excluding carboxylic acids is 1. The Morgan fingerprint density at radius 2 is 2.13 bits per heavy atom. The minimum absolute atomic E-state index is 0.0413. The van der Waals surface area contributed by atoms with Gasteiger partial charge in [-0.15, -0.1) is 11.3 Å². The van der Waals surface area contributed by atoms with Gasteiger partial charge >= 0.3 is 0 Å². The number of fused-ring (bicyclic) bond motifs is 1. The number of aromatic nitrogens is 4. The Hall–Kier alpha value is -3.34. The van der Waals surface area contributed by atoms with Gasteiger partial charge in [0.05, 0.1) is 34.1 Å². The Morgan fingerprint density at radius 3 is 2.87 bits per heavy atom. The average molecular weight is 535 g/mol. The minimum atomic E-state index is -0.168. The average Bonchev–Trinajstić information content (AvgIpc) is 3.73. The first-order valence-electron chi connectivity index (χ1n) is 13.2. The molecule has 0 aromatic carbocycles. The topological polar surface area (TPSA) is 93.9 Å². The molecule has 0 saturated carbocycles. The van der Waals surface area contributed by atoms with Crippen molar-refractivity contribution in [2.24, 2.45) is 0 Å². The number of ether oxygens (including phenoxy) is 2. The van der Waals surface area contributed by atoms with E-state index in [-0.39, 0.29) is 18.1 Å². The fraction of sp³-hybridized carbons (Fsp3) is 0.429. The second-order valence-electron chi connectivity index (χ2n) is 9.42. The molecule has 2 unspecified atom stereocenters. The lowest BCUT2D eigenvalue weighted by molar-refractivity contribution is 0.0663. The van der Waals surface area contributed by atoms with Crippen molar-refractivity contribution in [3.8, 4) is 27.7 Å². The zero-order chi connectivity index (χ0) is 26.5. The van der Waals surface area contributed by atoms with Crippen LogP contribution in [0.4, 0.5) is 0 Å². The smallest absolute Gasteiger partial charge is 0.251 e. The van der Waals surface area contributed by atoms with E-state index in [1.807, 2.05) is 29.8 Å². The van der Waals surface area contributed by atoms with Crippen LogP contribution in [-0.4, -0.2) is 75.4 Å². The van der Waals surface area contributed by atoms with Gasteiger partial charge in [0.2, 0.25) is 5.88 Å². The van der Waals surface area contributed by atoms with Crippen molar-refractivity contribution >= 4 is 22.9 Å². The van der Waals surface area contributed by atoms with Gasteiger partial charge in [0, 0.05) is 37.0 Å². The molecule has 0 radical (unpaired) electrons. The molecule has 9 nitrogen and oxygen atoms in total. The molecule has 5 heterocycles. The lowest BCUT2D eigenvalue weighted by Gasteiger charge is -2.26. The highest BCUT2D eigenvalue weighted by Crippen LogP contribution is 2.29. The van der Waals surface area contributed by atoms with E-state index in [1.54, 1.807) is 34.2 Å². The molecular weight excluding hydrogens is 500 g/mol. The molecule has 1 amide bonds. The Kier molecular flexibility index (Phi) is 8.31. The van der Waals surface area contributed by atoms with Crippen molar-refractivity contribution in [1.82, 2.24) is 29.8 Å². The summed E-state index contributed by atoms with van der Waals surface area (Å²) in [4.78, 5) is 26.3. The quantitative estimate of drug-likeness (QED) is 0.302. The van der Waals surface area contributed by atoms with Gasteiger partial charge < -0.3 is 14.8 Å². The lowest BCUT2D eigenvalue weighted by atomic mass is 10.1. The van der Waals surface area contributed by atoms with Gasteiger partial charge in [0.25, 0.3) is 5.91 Å². The highest BCUT2D eigenvalue weighted by Gasteiger charge is 2.20. The molecule has 0 aliphatic carbocycles. The normalized spacial score (nSPS) is 16.3. The Bertz CT molecular complexity index is 1360. The number of thiophene rings is 1. The van der Waals surface area contributed by atoms with Gasteiger partial charge in [-0.3, -0.25) is 9.69 Å². The zero-order valence-electron chi connectivity index (χ0n) is 22.1. The zero-order valence-corrected chi connectivity index (χ0v) is 22.9. The monoisotopic (exact) mass is 534 g/mol. The first-order valence-corrected chi connectivity index (χ1v) is 14.1. The van der Waals surface area contributed by atoms with Crippen LogP contribution in [0.3, 0.4) is 0 Å². The number of carbonyl (C=O) groups is 1. The Balaban J connectivity index is 1.46. The van der Waals surface area contributed by atoms with Gasteiger partial charge in [0.1, 0.15) is 6.61 Å². The maximum Gasteiger partial charge on any atom is 0.251 e. The number of nitrogens with zero attached hydrogens (tertiary/aromatic N) is 5. The molecule has 2 atom stereocenters. The molecule has 38 heavy (non-hydrogen) atoms. The summed E-state index contributed by atoms with van der Waals surface area (Å²) in [6.45, 7) is 9.94. The number of pyridine rings is 1. The molecular formula is C28H34N6O3S. The van der Waals surface area contributed by atoms with Crippen LogP contribution in [0.1, 0.15) is 44.0 Å². The maximum atomic E-state index is 13.3. The molecule has 1 aliphatic heterocycles. The summed E-state index contributed by atoms with van der Waals surface area (Å²) in [5, 5.41) is 9.59. The molecule has 0 spiro atoms. The van der Waals surface area contributed by atoms with Crippen molar-refractivity contribution in [1.29, 1.82) is 0 Å². The highest BCUT2D eigenvalue weighted by molar-refractivity contribution is 7.13. The molecule has 1 saturated heterocycles. The first-order chi connectivity index (χ1) is 18.6. The molecule has 4 aromatic heterocycles. The van der Waals surface area contributed by atoms with Crippen molar-refractivity contribution < 1.29 is 14.3 Å². The summed E-state index contributed by atoms with van der Waals surface area (Å²) in [6, 6.07) is 9.70. The first kappa shape index (κ1) is 26.3. The van der Waals surface area contributed by atoms with Crippen molar-refractivity contribution in [2.75, 3.05) is 32.8 Å². The Labute approximate surface area is 226 Å². The fourth-order valence-corrected chi connectivity index (χ4v) is 5.43. The van der Waals surface area contributed by atoms with Gasteiger partial charge in [-0.05, 0) is 56.4 Å². The third-order valence-electron chi connectivity index (χ3n) is 6.92. The van der Waals surface area contributed by atoms with E-state index in [9.17, 15) is 4.79 Å². The van der Waals surface area contributed by atoms with Crippen LogP contribution in [0, 0.1) is 0 Å². The number of hydrogen-bond donors (Lipinski definition) is 1. The fourth-order valence-electron chi connectivity index (χ4n) is 4.73. The molecule has 1 aliphatic rings. The largest absolute Gasteiger partial charge is 0.475 e. The Morgan fingerprint density at radius 1 is 1.26 bits per heavy atom. The summed E-state index contributed by atoms with van der Waals surface area (Å²) >= 11 is 1.63. The van der Waals surface area contributed by atoms with E-state index in [4.69, 9.17) is 19.4 Å². The van der Waals surface area contributed by atoms with E-state index < -0.39 is 0 Å². The SMILES string of the molecule is CCN(CC)C(C)CNC(=O)c1cc(OCC2CCCO2)nc(-c2cnn3ccc(-c4cccs4)nc23)c1. The van der Waals surface area contributed by atoms with E-state index in [1.165, 1.54) is 0 Å². The molecule has 5 rings (SSSR count). The highest BCUT2D eigenvalue weighted by atomic mass is 32.1. The van der Waals surface area contributed by atoms with Crippen LogP contribution in [-0.2, 0) is 4.74 Å². The van der Waals surface area contributed by atoms with E-state index in [2.05, 4.69) is 36.1 Å². The minimum Gasteiger partial charge on any atom is -0.475 e. The van der Waals surface area contributed by atoms with Gasteiger partial charge in [-0.2, -0.15) is 5.10 Å². The van der Waals surface area contributed by atoms with Gasteiger partial charge in [0.15, 0.2) is 5.65 Å². The predicted octanol–water partition coefficient (Wildman–Crippen LogP) is 4.54. The van der Waals surface area contributed by atoms with Crippen molar-refractivity contribution in [2.45, 2.75) is 45.8 Å². The van der Waals surface area contributed by atoms with Crippen LogP contribution >= 0.6 is 11.3 Å². The van der Waals surface area contributed by atoms with Crippen LogP contribution in [0.15, 0.2) is 48.1 Å². The lowest BCUT2D eigenvalue weighted by Crippen LogP contribution is -2.42. The number of hydrogen-bond acceptors (Lipinski definition) is 8. The third-order valence-corrected chi connectivity index (χ3v) is 7.81. The van der Waals surface area contributed by atoms with E-state index in [0.717, 1.165) is 48.7 Å². The van der Waals surface area contributed by atoms with Crippen LogP contribution < -0.4 is 10.1 Å². The summed E-state index contributed by atoms with van der Waals surface area (Å²) in [7, 11) is 0. The summed E-state index contributed by atoms with van der Waals surface area (Å²) in [5.41, 5.74) is 3.33. The number of nitrogens with one attached hydrogen (secondary N) is 1. The van der Waals surface area contributed by atoms with Crippen LogP contribution in [0.5, 0.6) is 5.88 Å². The number of amides is 1. The second-order valence-corrected chi connectivity index (χ2v) is 10.4. The van der Waals surface area contributed by atoms with Crippen LogP contribution in [0.25, 0.3) is 27.5 Å². The van der Waals surface area contributed by atoms with Gasteiger partial charge in [-0.25, -0.2) is 14.5 Å². The third kappa shape index (κ3) is 5.87. The second kappa shape index (κ2) is 12.0. The van der Waals surface area contributed by atoms with Crippen molar-refractivity contribution in [3.05, 3.63) is 53.7 Å². The van der Waals surface area contributed by atoms with E-state index in [0.29, 0.717) is 35.9 Å². The molecule has 4 aromatic rings. The molecule has 10 heteroatoms. The molecule has 0 bridgehead atoms. The number of rotatable bonds is 11. The summed E-state index contributed by atoms with van der Waals surface area (Å²) in [5.74, 6) is 0.215. The molecule has 200 valence electrons. The van der Waals surface area contributed by atoms with Gasteiger partial charge in [-0.1, -0.05) is 19.9 Å². The standard InChI is InChI=1S/C28H34N6O3S/c1-4-33(5-2)19(3)16-29-28(35)20-14-24(31-26(15-20)37-18-21-8-6-12-36-21)22-17-30-34-11-10-23(32-27(22)34)25-9-7-13-38-25/h7,9-11,13-15,17,19,21H,4-6,8,12,16,18H2,1-3H3,(H,29,35).